The number of anilines is 1. The first-order chi connectivity index (χ1) is 15.6. The number of nitrogens with zero attached hydrogens (tertiary/aromatic N) is 4. The van der Waals surface area contributed by atoms with E-state index in [4.69, 9.17) is 0 Å². The molecular formula is C24H26N6O2. The number of aromatic nitrogens is 2. The quantitative estimate of drug-likeness (QED) is 0.646. The number of aromatic amines is 1. The highest BCUT2D eigenvalue weighted by molar-refractivity contribution is 5.89. The molecule has 8 heteroatoms. The van der Waals surface area contributed by atoms with Gasteiger partial charge in [0, 0.05) is 62.8 Å². The van der Waals surface area contributed by atoms with Crippen molar-refractivity contribution in [2.24, 2.45) is 0 Å². The molecule has 8 nitrogen and oxygen atoms in total. The van der Waals surface area contributed by atoms with E-state index in [-0.39, 0.29) is 11.8 Å². The Balaban J connectivity index is 1.50. The van der Waals surface area contributed by atoms with Crippen LogP contribution in [0.15, 0.2) is 48.8 Å². The SMILES string of the molecule is CC(=O)NC(Cc1c[nH]c2ccccc12)C(=O)N1CCCN(c2ncccc2C#N)CC1. The number of carbonyl (C=O) groups is 2. The van der Waals surface area contributed by atoms with Gasteiger partial charge in [-0.05, 0) is 30.2 Å². The van der Waals surface area contributed by atoms with E-state index in [2.05, 4.69) is 26.3 Å². The third kappa shape index (κ3) is 4.57. The molecule has 1 aliphatic heterocycles. The van der Waals surface area contributed by atoms with Gasteiger partial charge in [0.1, 0.15) is 17.9 Å². The number of carbonyl (C=O) groups excluding carboxylic acids is 2. The van der Waals surface area contributed by atoms with Crippen LogP contribution in [0.25, 0.3) is 10.9 Å². The minimum absolute atomic E-state index is 0.0890. The number of H-pyrrole nitrogens is 1. The molecule has 1 fully saturated rings. The lowest BCUT2D eigenvalue weighted by Crippen LogP contribution is -2.50. The summed E-state index contributed by atoms with van der Waals surface area (Å²) in [4.78, 5) is 36.8. The first-order valence-corrected chi connectivity index (χ1v) is 10.8. The summed E-state index contributed by atoms with van der Waals surface area (Å²) in [6.07, 6.45) is 4.76. The summed E-state index contributed by atoms with van der Waals surface area (Å²) < 4.78 is 0. The molecular weight excluding hydrogens is 404 g/mol. The second kappa shape index (κ2) is 9.52. The minimum atomic E-state index is -0.636. The lowest BCUT2D eigenvalue weighted by atomic mass is 10.0. The Morgan fingerprint density at radius 2 is 2.03 bits per heavy atom. The topological polar surface area (TPSA) is 105 Å². The Kier molecular flexibility index (Phi) is 6.36. The molecule has 4 rings (SSSR count). The van der Waals surface area contributed by atoms with Gasteiger partial charge in [-0.1, -0.05) is 18.2 Å². The number of fused-ring (bicyclic) bond motifs is 1. The van der Waals surface area contributed by atoms with E-state index in [0.717, 1.165) is 22.9 Å². The van der Waals surface area contributed by atoms with Crippen molar-refractivity contribution >= 4 is 28.5 Å². The van der Waals surface area contributed by atoms with Crippen molar-refractivity contribution in [3.63, 3.8) is 0 Å². The Bertz CT molecular complexity index is 1160. The van der Waals surface area contributed by atoms with Gasteiger partial charge < -0.3 is 20.1 Å². The van der Waals surface area contributed by atoms with E-state index in [9.17, 15) is 14.9 Å². The number of nitriles is 1. The predicted molar refractivity (Wildman–Crippen MR) is 122 cm³/mol. The highest BCUT2D eigenvalue weighted by Crippen LogP contribution is 2.21. The third-order valence-electron chi connectivity index (χ3n) is 5.79. The number of hydrogen-bond donors (Lipinski definition) is 2. The zero-order valence-corrected chi connectivity index (χ0v) is 18.0. The minimum Gasteiger partial charge on any atom is -0.361 e. The average molecular weight is 431 g/mol. The largest absolute Gasteiger partial charge is 0.361 e. The molecule has 0 spiro atoms. The van der Waals surface area contributed by atoms with Gasteiger partial charge in [-0.25, -0.2) is 4.98 Å². The summed E-state index contributed by atoms with van der Waals surface area (Å²) in [5.74, 6) is 0.335. The fraction of sp³-hybridized carbons (Fsp3) is 0.333. The van der Waals surface area contributed by atoms with E-state index < -0.39 is 6.04 Å². The zero-order valence-electron chi connectivity index (χ0n) is 18.0. The van der Waals surface area contributed by atoms with Crippen LogP contribution in [0.1, 0.15) is 24.5 Å². The van der Waals surface area contributed by atoms with E-state index in [1.807, 2.05) is 35.4 Å². The van der Waals surface area contributed by atoms with Crippen molar-refractivity contribution in [2.75, 3.05) is 31.1 Å². The van der Waals surface area contributed by atoms with Gasteiger partial charge in [-0.2, -0.15) is 5.26 Å². The summed E-state index contributed by atoms with van der Waals surface area (Å²) in [5, 5.41) is 13.3. The maximum absolute atomic E-state index is 13.4. The summed E-state index contributed by atoms with van der Waals surface area (Å²) in [7, 11) is 0. The highest BCUT2D eigenvalue weighted by atomic mass is 16.2. The van der Waals surface area contributed by atoms with Crippen molar-refractivity contribution in [1.82, 2.24) is 20.2 Å². The van der Waals surface area contributed by atoms with Crippen molar-refractivity contribution in [1.29, 1.82) is 5.26 Å². The van der Waals surface area contributed by atoms with Crippen LogP contribution in [0.2, 0.25) is 0 Å². The molecule has 0 bridgehead atoms. The molecule has 3 aromatic rings. The summed E-state index contributed by atoms with van der Waals surface area (Å²) >= 11 is 0. The van der Waals surface area contributed by atoms with Crippen LogP contribution in [0.5, 0.6) is 0 Å². The van der Waals surface area contributed by atoms with Crippen molar-refractivity contribution in [3.05, 3.63) is 59.9 Å². The van der Waals surface area contributed by atoms with Crippen LogP contribution < -0.4 is 10.2 Å². The van der Waals surface area contributed by atoms with Gasteiger partial charge in [-0.3, -0.25) is 9.59 Å². The number of benzene rings is 1. The smallest absolute Gasteiger partial charge is 0.245 e. The monoisotopic (exact) mass is 430 g/mol. The molecule has 1 saturated heterocycles. The Labute approximate surface area is 186 Å². The fourth-order valence-corrected chi connectivity index (χ4v) is 4.27. The standard InChI is InChI=1S/C24H26N6O2/c1-17(31)28-22(14-19-16-27-21-8-3-2-7-20(19)21)24(32)30-11-5-10-29(12-13-30)23-18(15-25)6-4-9-26-23/h2-4,6-9,16,22,27H,5,10-14H2,1H3,(H,28,31). The molecule has 1 atom stereocenters. The molecule has 2 N–H and O–H groups in total. The Hall–Kier alpha value is -3.86. The van der Waals surface area contributed by atoms with Crippen LogP contribution >= 0.6 is 0 Å². The van der Waals surface area contributed by atoms with Crippen LogP contribution in [0.4, 0.5) is 5.82 Å². The molecule has 2 amide bonds. The van der Waals surface area contributed by atoms with Gasteiger partial charge in [0.25, 0.3) is 0 Å². The second-order valence-corrected chi connectivity index (χ2v) is 7.97. The molecule has 1 aromatic carbocycles. The first kappa shape index (κ1) is 21.4. The summed E-state index contributed by atoms with van der Waals surface area (Å²) in [6, 6.07) is 13.0. The number of nitrogens with one attached hydrogen (secondary N) is 2. The Morgan fingerprint density at radius 1 is 1.19 bits per heavy atom. The van der Waals surface area contributed by atoms with Crippen molar-refractivity contribution < 1.29 is 9.59 Å². The molecule has 1 aliphatic rings. The molecule has 32 heavy (non-hydrogen) atoms. The van der Waals surface area contributed by atoms with Gasteiger partial charge >= 0.3 is 0 Å². The molecule has 164 valence electrons. The second-order valence-electron chi connectivity index (χ2n) is 7.97. The van der Waals surface area contributed by atoms with E-state index in [1.165, 1.54) is 6.92 Å². The van der Waals surface area contributed by atoms with Gasteiger partial charge in [0.2, 0.25) is 11.8 Å². The van der Waals surface area contributed by atoms with E-state index in [0.29, 0.717) is 44.0 Å². The van der Waals surface area contributed by atoms with Gasteiger partial charge in [0.15, 0.2) is 0 Å². The third-order valence-corrected chi connectivity index (χ3v) is 5.79. The first-order valence-electron chi connectivity index (χ1n) is 10.8. The number of amides is 2. The lowest BCUT2D eigenvalue weighted by molar-refractivity contribution is -0.135. The predicted octanol–water partition coefficient (Wildman–Crippen LogP) is 2.22. The highest BCUT2D eigenvalue weighted by Gasteiger charge is 2.28. The summed E-state index contributed by atoms with van der Waals surface area (Å²) in [6.45, 7) is 3.82. The number of hydrogen-bond acceptors (Lipinski definition) is 5. The maximum Gasteiger partial charge on any atom is 0.245 e. The molecule has 0 saturated carbocycles. The van der Waals surface area contributed by atoms with Crippen LogP contribution in [-0.2, 0) is 16.0 Å². The van der Waals surface area contributed by atoms with Crippen molar-refractivity contribution in [2.45, 2.75) is 25.8 Å². The molecule has 0 radical (unpaired) electrons. The van der Waals surface area contributed by atoms with Crippen LogP contribution in [0.3, 0.4) is 0 Å². The number of pyridine rings is 1. The normalized spacial score (nSPS) is 15.1. The maximum atomic E-state index is 13.4. The van der Waals surface area contributed by atoms with E-state index in [1.54, 1.807) is 18.3 Å². The lowest BCUT2D eigenvalue weighted by Gasteiger charge is -2.27. The molecule has 1 unspecified atom stereocenters. The van der Waals surface area contributed by atoms with Gasteiger partial charge in [-0.15, -0.1) is 0 Å². The molecule has 0 aliphatic carbocycles. The van der Waals surface area contributed by atoms with Crippen LogP contribution in [-0.4, -0.2) is 58.9 Å². The number of rotatable bonds is 5. The Morgan fingerprint density at radius 3 is 2.84 bits per heavy atom. The van der Waals surface area contributed by atoms with Gasteiger partial charge in [0.05, 0.1) is 5.56 Å². The molecule has 3 heterocycles. The van der Waals surface area contributed by atoms with Crippen molar-refractivity contribution in [3.8, 4) is 6.07 Å². The van der Waals surface area contributed by atoms with Crippen LogP contribution in [0, 0.1) is 11.3 Å². The summed E-state index contributed by atoms with van der Waals surface area (Å²) in [5.41, 5.74) is 2.53. The fourth-order valence-electron chi connectivity index (χ4n) is 4.27. The van der Waals surface area contributed by atoms with E-state index >= 15 is 0 Å². The number of para-hydroxylation sites is 1. The zero-order chi connectivity index (χ0) is 22.5. The molecule has 2 aromatic heterocycles. The average Bonchev–Trinajstić information content (AvgIpc) is 3.05.